The molecule has 1 aromatic rings. The Hall–Kier alpha value is -0.840. The Morgan fingerprint density at radius 3 is 2.61 bits per heavy atom. The van der Waals surface area contributed by atoms with Crippen LogP contribution in [-0.4, -0.2) is 31.2 Å². The van der Waals surface area contributed by atoms with E-state index >= 15 is 0 Å². The molecule has 1 heterocycles. The molecule has 0 aliphatic rings. The number of hydrogen-bond acceptors (Lipinski definition) is 4. The molecular formula is C14H26N2O2. The first-order valence-electron chi connectivity index (χ1n) is 6.74. The molecule has 0 aliphatic carbocycles. The second-order valence-corrected chi connectivity index (χ2v) is 4.56. The zero-order chi connectivity index (χ0) is 13.4. The highest BCUT2D eigenvalue weighted by atomic mass is 16.5. The summed E-state index contributed by atoms with van der Waals surface area (Å²) in [6.07, 6.45) is 4.03. The summed E-state index contributed by atoms with van der Waals surface area (Å²) in [6, 6.07) is 2.62. The molecule has 0 aliphatic heterocycles. The van der Waals surface area contributed by atoms with Crippen molar-refractivity contribution in [1.82, 2.24) is 4.90 Å². The molecule has 0 atom stereocenters. The zero-order valence-corrected chi connectivity index (χ0v) is 11.8. The fraction of sp³-hybridized carbons (Fsp3) is 0.714. The molecule has 2 N–H and O–H groups in total. The lowest BCUT2D eigenvalue weighted by atomic mass is 10.1. The van der Waals surface area contributed by atoms with Gasteiger partial charge in [0, 0.05) is 31.8 Å². The minimum atomic E-state index is 0.534. The van der Waals surface area contributed by atoms with Gasteiger partial charge in [0.1, 0.15) is 5.76 Å². The van der Waals surface area contributed by atoms with E-state index in [9.17, 15) is 0 Å². The molecule has 4 nitrogen and oxygen atoms in total. The summed E-state index contributed by atoms with van der Waals surface area (Å²) in [5.74, 6) is 0.985. The maximum absolute atomic E-state index is 5.59. The number of rotatable bonds is 9. The maximum Gasteiger partial charge on any atom is 0.118 e. The standard InChI is InChI=1S/C14H26N2O2/c1-4-13(5-2)16(6-7-17-3)10-14-8-12(9-15)11-18-14/h8,11,13H,4-7,9-10,15H2,1-3H3. The summed E-state index contributed by atoms with van der Waals surface area (Å²) in [7, 11) is 1.74. The normalized spacial score (nSPS) is 11.7. The smallest absolute Gasteiger partial charge is 0.118 e. The van der Waals surface area contributed by atoms with E-state index in [1.54, 1.807) is 13.4 Å². The van der Waals surface area contributed by atoms with Crippen molar-refractivity contribution in [3.63, 3.8) is 0 Å². The summed E-state index contributed by atoms with van der Waals surface area (Å²) in [4.78, 5) is 2.42. The van der Waals surface area contributed by atoms with Crippen molar-refractivity contribution in [2.75, 3.05) is 20.3 Å². The summed E-state index contributed by atoms with van der Waals surface area (Å²) in [5.41, 5.74) is 6.65. The van der Waals surface area contributed by atoms with Gasteiger partial charge in [0.05, 0.1) is 19.4 Å². The molecule has 0 saturated carbocycles. The molecule has 0 aromatic carbocycles. The van der Waals surface area contributed by atoms with E-state index in [-0.39, 0.29) is 0 Å². The predicted molar refractivity (Wildman–Crippen MR) is 73.3 cm³/mol. The van der Waals surface area contributed by atoms with Crippen LogP contribution in [0.1, 0.15) is 38.0 Å². The van der Waals surface area contributed by atoms with Gasteiger partial charge in [0.2, 0.25) is 0 Å². The minimum Gasteiger partial charge on any atom is -0.468 e. The third kappa shape index (κ3) is 4.44. The van der Waals surface area contributed by atoms with Gasteiger partial charge in [-0.2, -0.15) is 0 Å². The van der Waals surface area contributed by atoms with Crippen molar-refractivity contribution >= 4 is 0 Å². The molecule has 0 fully saturated rings. The predicted octanol–water partition coefficient (Wildman–Crippen LogP) is 2.38. The Kier molecular flexibility index (Phi) is 7.01. The molecule has 0 radical (unpaired) electrons. The molecule has 0 unspecified atom stereocenters. The molecule has 0 bridgehead atoms. The van der Waals surface area contributed by atoms with Crippen LogP contribution >= 0.6 is 0 Å². The van der Waals surface area contributed by atoms with Gasteiger partial charge in [-0.1, -0.05) is 13.8 Å². The first-order chi connectivity index (χ1) is 8.74. The van der Waals surface area contributed by atoms with Gasteiger partial charge in [-0.05, 0) is 18.9 Å². The van der Waals surface area contributed by atoms with Crippen LogP contribution in [0.25, 0.3) is 0 Å². The van der Waals surface area contributed by atoms with Crippen LogP contribution in [0.5, 0.6) is 0 Å². The number of furan rings is 1. The first-order valence-corrected chi connectivity index (χ1v) is 6.74. The SMILES string of the molecule is CCC(CC)N(CCOC)Cc1cc(CN)co1. The molecule has 0 amide bonds. The second-order valence-electron chi connectivity index (χ2n) is 4.56. The summed E-state index contributed by atoms with van der Waals surface area (Å²) >= 11 is 0. The molecular weight excluding hydrogens is 228 g/mol. The molecule has 0 spiro atoms. The topological polar surface area (TPSA) is 51.6 Å². The largest absolute Gasteiger partial charge is 0.468 e. The number of nitrogens with zero attached hydrogens (tertiary/aromatic N) is 1. The van der Waals surface area contributed by atoms with Crippen molar-refractivity contribution in [3.8, 4) is 0 Å². The van der Waals surface area contributed by atoms with Crippen LogP contribution in [0, 0.1) is 0 Å². The number of nitrogens with two attached hydrogens (primary N) is 1. The fourth-order valence-corrected chi connectivity index (χ4v) is 2.22. The lowest BCUT2D eigenvalue weighted by Crippen LogP contribution is -2.36. The van der Waals surface area contributed by atoms with E-state index in [1.165, 1.54) is 0 Å². The third-order valence-electron chi connectivity index (χ3n) is 3.34. The molecule has 1 aromatic heterocycles. The monoisotopic (exact) mass is 254 g/mol. The van der Waals surface area contributed by atoms with E-state index in [0.717, 1.165) is 43.9 Å². The highest BCUT2D eigenvalue weighted by Gasteiger charge is 2.16. The zero-order valence-electron chi connectivity index (χ0n) is 11.8. The van der Waals surface area contributed by atoms with Crippen molar-refractivity contribution in [2.24, 2.45) is 5.73 Å². The van der Waals surface area contributed by atoms with Crippen LogP contribution in [0.15, 0.2) is 16.7 Å². The molecule has 1 rings (SSSR count). The Morgan fingerprint density at radius 1 is 1.39 bits per heavy atom. The van der Waals surface area contributed by atoms with Crippen LogP contribution in [0.3, 0.4) is 0 Å². The van der Waals surface area contributed by atoms with E-state index in [4.69, 9.17) is 14.9 Å². The van der Waals surface area contributed by atoms with Crippen LogP contribution < -0.4 is 5.73 Å². The second kappa shape index (κ2) is 8.29. The summed E-state index contributed by atoms with van der Waals surface area (Å²) in [5, 5.41) is 0. The molecule has 0 saturated heterocycles. The number of hydrogen-bond donors (Lipinski definition) is 1. The van der Waals surface area contributed by atoms with E-state index < -0.39 is 0 Å². The Balaban J connectivity index is 2.64. The van der Waals surface area contributed by atoms with Crippen LogP contribution in [-0.2, 0) is 17.8 Å². The van der Waals surface area contributed by atoms with Crippen molar-refractivity contribution in [3.05, 3.63) is 23.7 Å². The van der Waals surface area contributed by atoms with Crippen molar-refractivity contribution in [2.45, 2.75) is 45.8 Å². The fourth-order valence-electron chi connectivity index (χ4n) is 2.22. The molecule has 104 valence electrons. The average molecular weight is 254 g/mol. The van der Waals surface area contributed by atoms with Crippen molar-refractivity contribution < 1.29 is 9.15 Å². The highest BCUT2D eigenvalue weighted by Crippen LogP contribution is 2.15. The van der Waals surface area contributed by atoms with Gasteiger partial charge in [-0.3, -0.25) is 4.90 Å². The Labute approximate surface area is 110 Å². The molecule has 4 heteroatoms. The maximum atomic E-state index is 5.59. The lowest BCUT2D eigenvalue weighted by molar-refractivity contribution is 0.104. The van der Waals surface area contributed by atoms with Gasteiger partial charge in [0.25, 0.3) is 0 Å². The quantitative estimate of drug-likeness (QED) is 0.735. The minimum absolute atomic E-state index is 0.534. The van der Waals surface area contributed by atoms with E-state index in [2.05, 4.69) is 18.7 Å². The van der Waals surface area contributed by atoms with Gasteiger partial charge >= 0.3 is 0 Å². The van der Waals surface area contributed by atoms with Crippen LogP contribution in [0.4, 0.5) is 0 Å². The first kappa shape index (κ1) is 15.2. The lowest BCUT2D eigenvalue weighted by Gasteiger charge is -2.29. The van der Waals surface area contributed by atoms with Gasteiger partial charge in [0.15, 0.2) is 0 Å². The van der Waals surface area contributed by atoms with Gasteiger partial charge in [-0.25, -0.2) is 0 Å². The Bertz CT molecular complexity index is 321. The van der Waals surface area contributed by atoms with E-state index in [1.807, 2.05) is 6.07 Å². The Morgan fingerprint density at radius 2 is 2.11 bits per heavy atom. The number of ether oxygens (including phenoxy) is 1. The van der Waals surface area contributed by atoms with E-state index in [0.29, 0.717) is 12.6 Å². The summed E-state index contributed by atoms with van der Waals surface area (Å²) in [6.45, 7) is 7.49. The summed E-state index contributed by atoms with van der Waals surface area (Å²) < 4.78 is 10.7. The molecule has 18 heavy (non-hydrogen) atoms. The van der Waals surface area contributed by atoms with Crippen LogP contribution in [0.2, 0.25) is 0 Å². The van der Waals surface area contributed by atoms with Crippen molar-refractivity contribution in [1.29, 1.82) is 0 Å². The average Bonchev–Trinajstić information content (AvgIpc) is 2.84. The third-order valence-corrected chi connectivity index (χ3v) is 3.34. The van der Waals surface area contributed by atoms with Gasteiger partial charge < -0.3 is 14.9 Å². The number of methoxy groups -OCH3 is 1. The van der Waals surface area contributed by atoms with Gasteiger partial charge in [-0.15, -0.1) is 0 Å². The highest BCUT2D eigenvalue weighted by molar-refractivity contribution is 5.12.